The molecule has 0 radical (unpaired) electrons. The normalized spacial score (nSPS) is 22.5. The van der Waals surface area contributed by atoms with Gasteiger partial charge in [0.1, 0.15) is 0 Å². The number of rotatable bonds is 6. The molecule has 1 amide bonds. The van der Waals surface area contributed by atoms with E-state index in [-0.39, 0.29) is 17.9 Å². The minimum absolute atomic E-state index is 0.00505. The smallest absolute Gasteiger partial charge is 0.226 e. The van der Waals surface area contributed by atoms with Crippen LogP contribution in [0.25, 0.3) is 0 Å². The average Bonchev–Trinajstić information content (AvgIpc) is 2.95. The van der Waals surface area contributed by atoms with Crippen molar-refractivity contribution in [2.24, 2.45) is 5.92 Å². The number of likely N-dealkylation sites (N-methyl/N-ethyl adjacent to an activating group) is 1. The summed E-state index contributed by atoms with van der Waals surface area (Å²) in [4.78, 5) is 16.8. The van der Waals surface area contributed by atoms with Crippen molar-refractivity contribution in [2.45, 2.75) is 38.3 Å². The molecule has 0 unspecified atom stereocenters. The predicted octanol–water partition coefficient (Wildman–Crippen LogP) is 2.19. The summed E-state index contributed by atoms with van der Waals surface area (Å²) < 4.78 is 0. The third-order valence-corrected chi connectivity index (χ3v) is 4.81. The first-order chi connectivity index (χ1) is 10.1. The zero-order chi connectivity index (χ0) is 15.2. The lowest BCUT2D eigenvalue weighted by molar-refractivity contribution is -0.138. The molecule has 1 aliphatic carbocycles. The molecule has 1 aliphatic rings. The molecule has 5 heteroatoms. The van der Waals surface area contributed by atoms with Crippen molar-refractivity contribution in [3.63, 3.8) is 0 Å². The molecule has 4 nitrogen and oxygen atoms in total. The average molecular weight is 310 g/mol. The SMILES string of the molecule is CN(C)CCN(Cc1ccsc1)C(=O)[C@@H]1CCC[C@H](O)C1. The Labute approximate surface area is 131 Å². The molecule has 1 N–H and O–H groups in total. The topological polar surface area (TPSA) is 43.8 Å². The molecule has 0 bridgehead atoms. The van der Waals surface area contributed by atoms with Crippen molar-refractivity contribution >= 4 is 17.2 Å². The molecule has 1 aromatic rings. The number of thiophene rings is 1. The number of amides is 1. The van der Waals surface area contributed by atoms with Crippen LogP contribution in [0.15, 0.2) is 16.8 Å². The second-order valence-corrected chi connectivity index (χ2v) is 6.99. The molecule has 1 fully saturated rings. The quantitative estimate of drug-likeness (QED) is 0.876. The van der Waals surface area contributed by atoms with Gasteiger partial charge in [-0.05, 0) is 55.7 Å². The molecule has 2 rings (SSSR count). The fourth-order valence-corrected chi connectivity index (χ4v) is 3.50. The van der Waals surface area contributed by atoms with Crippen LogP contribution in [-0.2, 0) is 11.3 Å². The Balaban J connectivity index is 2.00. The van der Waals surface area contributed by atoms with E-state index in [2.05, 4.69) is 16.3 Å². The van der Waals surface area contributed by atoms with Gasteiger partial charge in [-0.3, -0.25) is 4.79 Å². The van der Waals surface area contributed by atoms with Gasteiger partial charge in [0.15, 0.2) is 0 Å². The Morgan fingerprint density at radius 2 is 2.19 bits per heavy atom. The summed E-state index contributed by atoms with van der Waals surface area (Å²) >= 11 is 1.67. The van der Waals surface area contributed by atoms with E-state index < -0.39 is 0 Å². The van der Waals surface area contributed by atoms with Crippen molar-refractivity contribution < 1.29 is 9.90 Å². The summed E-state index contributed by atoms with van der Waals surface area (Å²) in [7, 11) is 4.05. The number of hydrogen-bond acceptors (Lipinski definition) is 4. The first kappa shape index (κ1) is 16.5. The van der Waals surface area contributed by atoms with E-state index in [1.165, 1.54) is 5.56 Å². The van der Waals surface area contributed by atoms with Gasteiger partial charge in [0.25, 0.3) is 0 Å². The standard InChI is InChI=1S/C16H26N2O2S/c1-17(2)7-8-18(11-13-6-9-21-12-13)16(20)14-4-3-5-15(19)10-14/h6,9,12,14-15,19H,3-5,7-8,10-11H2,1-2H3/t14-,15+/m1/s1. The molecule has 1 aromatic heterocycles. The van der Waals surface area contributed by atoms with E-state index in [0.29, 0.717) is 13.0 Å². The second kappa shape index (κ2) is 7.92. The summed E-state index contributed by atoms with van der Waals surface area (Å²) in [5.41, 5.74) is 1.20. The van der Waals surface area contributed by atoms with Crippen molar-refractivity contribution in [3.05, 3.63) is 22.4 Å². The highest BCUT2D eigenvalue weighted by molar-refractivity contribution is 7.07. The van der Waals surface area contributed by atoms with Crippen LogP contribution in [0.3, 0.4) is 0 Å². The van der Waals surface area contributed by atoms with Crippen LogP contribution in [-0.4, -0.2) is 54.1 Å². The fraction of sp³-hybridized carbons (Fsp3) is 0.688. The summed E-state index contributed by atoms with van der Waals surface area (Å²) in [6.07, 6.45) is 3.03. The van der Waals surface area contributed by atoms with Crippen LogP contribution in [0.4, 0.5) is 0 Å². The summed E-state index contributed by atoms with van der Waals surface area (Å²) in [6.45, 7) is 2.29. The molecular formula is C16H26N2O2S. The molecule has 118 valence electrons. The van der Waals surface area contributed by atoms with Gasteiger partial charge in [-0.15, -0.1) is 0 Å². The Bertz CT molecular complexity index is 433. The third kappa shape index (κ3) is 5.09. The number of aliphatic hydroxyl groups is 1. The van der Waals surface area contributed by atoms with Crippen LogP contribution in [0, 0.1) is 5.92 Å². The number of nitrogens with zero attached hydrogens (tertiary/aromatic N) is 2. The van der Waals surface area contributed by atoms with E-state index in [1.54, 1.807) is 11.3 Å². The molecule has 0 spiro atoms. The fourth-order valence-electron chi connectivity index (χ4n) is 2.84. The Kier molecular flexibility index (Phi) is 6.21. The largest absolute Gasteiger partial charge is 0.393 e. The van der Waals surface area contributed by atoms with Gasteiger partial charge in [0.05, 0.1) is 6.10 Å². The summed E-state index contributed by atoms with van der Waals surface area (Å²) in [5.74, 6) is 0.205. The van der Waals surface area contributed by atoms with Gasteiger partial charge in [-0.25, -0.2) is 0 Å². The lowest BCUT2D eigenvalue weighted by Gasteiger charge is -2.31. The molecule has 0 saturated heterocycles. The van der Waals surface area contributed by atoms with E-state index in [4.69, 9.17) is 0 Å². The van der Waals surface area contributed by atoms with Crippen LogP contribution >= 0.6 is 11.3 Å². The molecule has 0 aliphatic heterocycles. The van der Waals surface area contributed by atoms with Gasteiger partial charge in [0.2, 0.25) is 5.91 Å². The molecule has 1 saturated carbocycles. The molecule has 21 heavy (non-hydrogen) atoms. The lowest BCUT2D eigenvalue weighted by atomic mass is 9.86. The van der Waals surface area contributed by atoms with Crippen molar-refractivity contribution in [2.75, 3.05) is 27.2 Å². The Morgan fingerprint density at radius 1 is 1.38 bits per heavy atom. The molecule has 2 atom stereocenters. The highest BCUT2D eigenvalue weighted by Gasteiger charge is 2.29. The van der Waals surface area contributed by atoms with Gasteiger partial charge >= 0.3 is 0 Å². The van der Waals surface area contributed by atoms with E-state index in [9.17, 15) is 9.90 Å². The third-order valence-electron chi connectivity index (χ3n) is 4.08. The molecule has 1 heterocycles. The summed E-state index contributed by atoms with van der Waals surface area (Å²) in [6, 6.07) is 2.08. The van der Waals surface area contributed by atoms with Crippen LogP contribution < -0.4 is 0 Å². The number of carbonyl (C=O) groups excluding carboxylic acids is 1. The van der Waals surface area contributed by atoms with Crippen molar-refractivity contribution in [3.8, 4) is 0 Å². The van der Waals surface area contributed by atoms with Crippen molar-refractivity contribution in [1.82, 2.24) is 9.80 Å². The molecular weight excluding hydrogens is 284 g/mol. The maximum absolute atomic E-state index is 12.8. The number of aliphatic hydroxyl groups excluding tert-OH is 1. The highest BCUT2D eigenvalue weighted by Crippen LogP contribution is 2.26. The lowest BCUT2D eigenvalue weighted by Crippen LogP contribution is -2.41. The minimum Gasteiger partial charge on any atom is -0.393 e. The zero-order valence-corrected chi connectivity index (χ0v) is 13.8. The number of carbonyl (C=O) groups is 1. The van der Waals surface area contributed by atoms with Gasteiger partial charge in [0, 0.05) is 25.6 Å². The Morgan fingerprint density at radius 3 is 2.81 bits per heavy atom. The van der Waals surface area contributed by atoms with E-state index in [0.717, 1.165) is 32.4 Å². The minimum atomic E-state index is -0.301. The second-order valence-electron chi connectivity index (χ2n) is 6.21. The number of hydrogen-bond donors (Lipinski definition) is 1. The predicted molar refractivity (Wildman–Crippen MR) is 86.3 cm³/mol. The monoisotopic (exact) mass is 310 g/mol. The van der Waals surface area contributed by atoms with Gasteiger partial charge in [-0.1, -0.05) is 6.42 Å². The van der Waals surface area contributed by atoms with Crippen LogP contribution in [0.2, 0.25) is 0 Å². The van der Waals surface area contributed by atoms with Crippen LogP contribution in [0.1, 0.15) is 31.2 Å². The summed E-state index contributed by atoms with van der Waals surface area (Å²) in [5, 5.41) is 14.0. The highest BCUT2D eigenvalue weighted by atomic mass is 32.1. The maximum Gasteiger partial charge on any atom is 0.226 e. The van der Waals surface area contributed by atoms with E-state index >= 15 is 0 Å². The van der Waals surface area contributed by atoms with Gasteiger partial charge in [-0.2, -0.15) is 11.3 Å². The zero-order valence-electron chi connectivity index (χ0n) is 13.0. The van der Waals surface area contributed by atoms with Gasteiger partial charge < -0.3 is 14.9 Å². The molecule has 0 aromatic carbocycles. The van der Waals surface area contributed by atoms with Crippen LogP contribution in [0.5, 0.6) is 0 Å². The first-order valence-corrected chi connectivity index (χ1v) is 8.63. The van der Waals surface area contributed by atoms with E-state index in [1.807, 2.05) is 24.4 Å². The first-order valence-electron chi connectivity index (χ1n) is 7.69. The maximum atomic E-state index is 12.8. The Hall–Kier alpha value is -0.910. The van der Waals surface area contributed by atoms with Crippen molar-refractivity contribution in [1.29, 1.82) is 0 Å².